The lowest BCUT2D eigenvalue weighted by Crippen LogP contribution is -2.04. The van der Waals surface area contributed by atoms with Crippen LogP contribution in [0.4, 0.5) is 0 Å². The molecule has 2 aromatic heterocycles. The molecule has 5 heteroatoms. The summed E-state index contributed by atoms with van der Waals surface area (Å²) in [6, 6.07) is -0.0707. The second-order valence-electron chi connectivity index (χ2n) is 2.93. The minimum absolute atomic E-state index is 0.0707. The highest BCUT2D eigenvalue weighted by Gasteiger charge is 2.05. The van der Waals surface area contributed by atoms with Gasteiger partial charge in [-0.1, -0.05) is 11.6 Å². The van der Waals surface area contributed by atoms with Crippen LogP contribution in [-0.2, 0) is 0 Å². The summed E-state index contributed by atoms with van der Waals surface area (Å²) in [5.74, 6) is 0. The summed E-state index contributed by atoms with van der Waals surface area (Å²) in [5.41, 5.74) is 7.28. The molecule has 2 heterocycles. The molecule has 2 aromatic rings. The molecule has 0 radical (unpaired) electrons. The fourth-order valence-electron chi connectivity index (χ4n) is 1.11. The molecular formula is C8H9ClN4. The topological polar surface area (TPSA) is 56.2 Å². The van der Waals surface area contributed by atoms with Gasteiger partial charge in [-0.2, -0.15) is 0 Å². The molecule has 68 valence electrons. The van der Waals surface area contributed by atoms with Crippen LogP contribution in [0.5, 0.6) is 0 Å². The summed E-state index contributed by atoms with van der Waals surface area (Å²) < 4.78 is 1.81. The second kappa shape index (κ2) is 2.97. The van der Waals surface area contributed by atoms with Crippen molar-refractivity contribution in [2.75, 3.05) is 0 Å². The van der Waals surface area contributed by atoms with Crippen LogP contribution in [0.1, 0.15) is 18.7 Å². The highest BCUT2D eigenvalue weighted by atomic mass is 35.5. The first kappa shape index (κ1) is 8.47. The van der Waals surface area contributed by atoms with E-state index in [0.717, 1.165) is 11.3 Å². The number of hydrogen-bond donors (Lipinski definition) is 1. The van der Waals surface area contributed by atoms with Gasteiger partial charge in [0.1, 0.15) is 5.15 Å². The van der Waals surface area contributed by atoms with Crippen molar-refractivity contribution < 1.29 is 0 Å². The van der Waals surface area contributed by atoms with Gasteiger partial charge in [-0.25, -0.2) is 9.97 Å². The average molecular weight is 197 g/mol. The van der Waals surface area contributed by atoms with Crippen molar-refractivity contribution in [3.63, 3.8) is 0 Å². The monoisotopic (exact) mass is 196 g/mol. The Labute approximate surface area is 80.4 Å². The summed E-state index contributed by atoms with van der Waals surface area (Å²) in [6.07, 6.45) is 5.18. The van der Waals surface area contributed by atoms with Crippen LogP contribution >= 0.6 is 11.6 Å². The predicted molar refractivity (Wildman–Crippen MR) is 50.6 cm³/mol. The quantitative estimate of drug-likeness (QED) is 0.750. The van der Waals surface area contributed by atoms with E-state index in [1.807, 2.05) is 17.5 Å². The lowest BCUT2D eigenvalue weighted by Gasteiger charge is -1.95. The third kappa shape index (κ3) is 1.50. The van der Waals surface area contributed by atoms with Gasteiger partial charge in [0.05, 0.1) is 11.9 Å². The summed E-state index contributed by atoms with van der Waals surface area (Å²) in [4.78, 5) is 8.19. The molecule has 0 spiro atoms. The van der Waals surface area contributed by atoms with E-state index in [2.05, 4.69) is 9.97 Å². The maximum atomic E-state index is 5.72. The van der Waals surface area contributed by atoms with Crippen molar-refractivity contribution in [3.05, 3.63) is 29.4 Å². The summed E-state index contributed by atoms with van der Waals surface area (Å²) >= 11 is 5.72. The number of aromatic nitrogens is 3. The molecule has 0 bridgehead atoms. The number of nitrogens with zero attached hydrogens (tertiary/aromatic N) is 3. The third-order valence-corrected chi connectivity index (χ3v) is 1.99. The fourth-order valence-corrected chi connectivity index (χ4v) is 1.27. The van der Waals surface area contributed by atoms with Crippen LogP contribution in [0.2, 0.25) is 5.15 Å². The van der Waals surface area contributed by atoms with Gasteiger partial charge in [-0.15, -0.1) is 0 Å². The number of halogens is 1. The Kier molecular flexibility index (Phi) is 1.94. The molecule has 0 aliphatic rings. The van der Waals surface area contributed by atoms with E-state index in [-0.39, 0.29) is 6.04 Å². The van der Waals surface area contributed by atoms with Crippen molar-refractivity contribution in [2.45, 2.75) is 13.0 Å². The molecule has 0 aromatic carbocycles. The highest BCUT2D eigenvalue weighted by Crippen LogP contribution is 2.12. The van der Waals surface area contributed by atoms with Crippen LogP contribution < -0.4 is 5.73 Å². The van der Waals surface area contributed by atoms with Gasteiger partial charge in [0, 0.05) is 18.4 Å². The van der Waals surface area contributed by atoms with Crippen molar-refractivity contribution in [1.82, 2.24) is 14.4 Å². The Morgan fingerprint density at radius 2 is 2.31 bits per heavy atom. The smallest absolute Gasteiger partial charge is 0.155 e. The molecule has 0 saturated carbocycles. The maximum absolute atomic E-state index is 5.72. The van der Waals surface area contributed by atoms with Crippen molar-refractivity contribution >= 4 is 17.2 Å². The van der Waals surface area contributed by atoms with E-state index in [4.69, 9.17) is 17.3 Å². The Balaban J connectivity index is 2.62. The van der Waals surface area contributed by atoms with Gasteiger partial charge in [0.15, 0.2) is 5.65 Å². The number of imidazole rings is 1. The van der Waals surface area contributed by atoms with Crippen molar-refractivity contribution in [3.8, 4) is 0 Å². The fraction of sp³-hybridized carbons (Fsp3) is 0.250. The lowest BCUT2D eigenvalue weighted by atomic mass is 10.3. The zero-order chi connectivity index (χ0) is 9.42. The number of nitrogens with two attached hydrogens (primary N) is 1. The molecule has 0 fully saturated rings. The van der Waals surface area contributed by atoms with E-state index in [9.17, 15) is 0 Å². The number of fused-ring (bicyclic) bond motifs is 1. The first-order valence-electron chi connectivity index (χ1n) is 3.92. The van der Waals surface area contributed by atoms with Crippen LogP contribution in [-0.4, -0.2) is 14.4 Å². The van der Waals surface area contributed by atoms with Gasteiger partial charge in [-0.05, 0) is 6.92 Å². The van der Waals surface area contributed by atoms with Crippen molar-refractivity contribution in [1.29, 1.82) is 0 Å². The first-order valence-corrected chi connectivity index (χ1v) is 4.30. The zero-order valence-corrected chi connectivity index (χ0v) is 7.86. The highest BCUT2D eigenvalue weighted by molar-refractivity contribution is 6.29. The lowest BCUT2D eigenvalue weighted by molar-refractivity contribution is 0.790. The molecule has 2 N–H and O–H groups in total. The SMILES string of the molecule is CC(N)c1cn2cc(Cl)ncc2n1. The third-order valence-electron chi connectivity index (χ3n) is 1.80. The van der Waals surface area contributed by atoms with Crippen LogP contribution in [0, 0.1) is 0 Å². The standard InChI is InChI=1S/C8H9ClN4/c1-5(10)6-3-13-4-7(9)11-2-8(13)12-6/h2-5H,10H2,1H3. The van der Waals surface area contributed by atoms with Gasteiger partial charge in [-0.3, -0.25) is 0 Å². The molecule has 0 saturated heterocycles. The second-order valence-corrected chi connectivity index (χ2v) is 3.32. The molecular weight excluding hydrogens is 188 g/mol. The average Bonchev–Trinajstić information content (AvgIpc) is 2.46. The van der Waals surface area contributed by atoms with E-state index in [0.29, 0.717) is 5.15 Å². The van der Waals surface area contributed by atoms with Gasteiger partial charge in [0.25, 0.3) is 0 Å². The first-order chi connectivity index (χ1) is 6.16. The van der Waals surface area contributed by atoms with E-state index in [1.165, 1.54) is 0 Å². The van der Waals surface area contributed by atoms with Gasteiger partial charge < -0.3 is 10.1 Å². The maximum Gasteiger partial charge on any atom is 0.155 e. The Morgan fingerprint density at radius 1 is 1.54 bits per heavy atom. The normalized spacial score (nSPS) is 13.5. The van der Waals surface area contributed by atoms with E-state index < -0.39 is 0 Å². The van der Waals surface area contributed by atoms with E-state index >= 15 is 0 Å². The van der Waals surface area contributed by atoms with Crippen LogP contribution in [0.15, 0.2) is 18.6 Å². The Morgan fingerprint density at radius 3 is 3.00 bits per heavy atom. The summed E-state index contributed by atoms with van der Waals surface area (Å²) in [5, 5.41) is 0.445. The van der Waals surface area contributed by atoms with Crippen LogP contribution in [0.3, 0.4) is 0 Å². The minimum Gasteiger partial charge on any atom is -0.323 e. The Hall–Kier alpha value is -1.13. The molecule has 1 unspecified atom stereocenters. The molecule has 1 atom stereocenters. The van der Waals surface area contributed by atoms with Crippen molar-refractivity contribution in [2.24, 2.45) is 5.73 Å². The summed E-state index contributed by atoms with van der Waals surface area (Å²) in [6.45, 7) is 1.89. The summed E-state index contributed by atoms with van der Waals surface area (Å²) in [7, 11) is 0. The minimum atomic E-state index is -0.0707. The number of rotatable bonds is 1. The molecule has 0 aliphatic carbocycles. The largest absolute Gasteiger partial charge is 0.323 e. The van der Waals surface area contributed by atoms with Gasteiger partial charge in [0.2, 0.25) is 0 Å². The Bertz CT molecular complexity index is 435. The predicted octanol–water partition coefficient (Wildman–Crippen LogP) is 1.40. The zero-order valence-electron chi connectivity index (χ0n) is 7.11. The van der Waals surface area contributed by atoms with Gasteiger partial charge >= 0.3 is 0 Å². The number of hydrogen-bond acceptors (Lipinski definition) is 3. The molecule has 0 amide bonds. The molecule has 4 nitrogen and oxygen atoms in total. The molecule has 0 aliphatic heterocycles. The van der Waals surface area contributed by atoms with Crippen LogP contribution in [0.25, 0.3) is 5.65 Å². The van der Waals surface area contributed by atoms with E-state index in [1.54, 1.807) is 12.4 Å². The molecule has 2 rings (SSSR count). The molecule has 13 heavy (non-hydrogen) atoms.